The van der Waals surface area contributed by atoms with E-state index >= 15 is 0 Å². The molecule has 2 aromatic carbocycles. The average Bonchev–Trinajstić information content (AvgIpc) is 3.45. The number of amides is 1. The number of carbonyl (C=O) groups is 1. The van der Waals surface area contributed by atoms with E-state index in [4.69, 9.17) is 16.0 Å². The Hall–Kier alpha value is -2.51. The van der Waals surface area contributed by atoms with E-state index in [0.717, 1.165) is 18.7 Å². The molecule has 8 heteroatoms. The Morgan fingerprint density at radius 1 is 1.13 bits per heavy atom. The summed E-state index contributed by atoms with van der Waals surface area (Å²) < 4.78 is 5.66. The number of aromatic nitrogens is 2. The van der Waals surface area contributed by atoms with Crippen LogP contribution in [0, 0.1) is 0 Å². The van der Waals surface area contributed by atoms with Gasteiger partial charge >= 0.3 is 0 Å². The third-order valence-electron chi connectivity index (χ3n) is 5.09. The normalized spacial score (nSPS) is 13.6. The Labute approximate surface area is 185 Å². The van der Waals surface area contributed by atoms with Crippen LogP contribution in [0.15, 0.2) is 58.2 Å². The summed E-state index contributed by atoms with van der Waals surface area (Å²) in [6.07, 6.45) is 2.45. The highest BCUT2D eigenvalue weighted by molar-refractivity contribution is 7.99. The zero-order valence-electron chi connectivity index (χ0n) is 16.8. The molecule has 2 heterocycles. The number of carbonyl (C=O) groups excluding carboxylic acids is 1. The molecule has 0 atom stereocenters. The van der Waals surface area contributed by atoms with Crippen molar-refractivity contribution in [3.8, 4) is 11.5 Å². The first-order chi connectivity index (χ1) is 14.6. The van der Waals surface area contributed by atoms with E-state index in [1.807, 2.05) is 25.2 Å². The standard InChI is InChI=1S/C22H23ClN4O2S/c1-26(14-17-6-2-3-7-19(17)27-12-4-5-13-27)20(28)15-30-22-25-24-21(29-22)16-8-10-18(23)11-9-16/h2-3,6-11H,4-5,12-15H2,1H3. The minimum atomic E-state index is 0.0162. The molecule has 0 spiro atoms. The smallest absolute Gasteiger partial charge is 0.277 e. The molecule has 1 amide bonds. The minimum Gasteiger partial charge on any atom is -0.411 e. The number of halogens is 1. The second kappa shape index (κ2) is 9.53. The maximum atomic E-state index is 12.7. The van der Waals surface area contributed by atoms with Gasteiger partial charge in [0.15, 0.2) is 0 Å². The van der Waals surface area contributed by atoms with Crippen LogP contribution < -0.4 is 4.90 Å². The van der Waals surface area contributed by atoms with Crippen LogP contribution in [0.25, 0.3) is 11.5 Å². The second-order valence-electron chi connectivity index (χ2n) is 7.24. The van der Waals surface area contributed by atoms with E-state index in [1.165, 1.54) is 35.9 Å². The van der Waals surface area contributed by atoms with Crippen LogP contribution in [0.2, 0.25) is 5.02 Å². The lowest BCUT2D eigenvalue weighted by molar-refractivity contribution is -0.127. The summed E-state index contributed by atoms with van der Waals surface area (Å²) in [5.41, 5.74) is 3.19. The molecule has 156 valence electrons. The number of rotatable bonds is 7. The zero-order valence-corrected chi connectivity index (χ0v) is 18.3. The molecule has 0 aliphatic carbocycles. The van der Waals surface area contributed by atoms with Crippen LogP contribution >= 0.6 is 23.4 Å². The van der Waals surface area contributed by atoms with Crippen molar-refractivity contribution in [3.63, 3.8) is 0 Å². The van der Waals surface area contributed by atoms with Crippen LogP contribution in [0.3, 0.4) is 0 Å². The number of nitrogens with zero attached hydrogens (tertiary/aromatic N) is 4. The van der Waals surface area contributed by atoms with Gasteiger partial charge in [-0.05, 0) is 48.7 Å². The van der Waals surface area contributed by atoms with Crippen molar-refractivity contribution >= 4 is 35.0 Å². The number of anilines is 1. The van der Waals surface area contributed by atoms with Crippen molar-refractivity contribution in [1.82, 2.24) is 15.1 Å². The fraction of sp³-hybridized carbons (Fsp3) is 0.318. The first-order valence-corrected chi connectivity index (χ1v) is 11.3. The van der Waals surface area contributed by atoms with Crippen molar-refractivity contribution in [1.29, 1.82) is 0 Å². The number of para-hydroxylation sites is 1. The van der Waals surface area contributed by atoms with Crippen LogP contribution in [-0.2, 0) is 11.3 Å². The molecule has 6 nitrogen and oxygen atoms in total. The molecule has 30 heavy (non-hydrogen) atoms. The number of thioether (sulfide) groups is 1. The maximum Gasteiger partial charge on any atom is 0.277 e. The highest BCUT2D eigenvalue weighted by Gasteiger charge is 2.18. The van der Waals surface area contributed by atoms with Gasteiger partial charge in [0.05, 0.1) is 5.75 Å². The predicted molar refractivity (Wildman–Crippen MR) is 120 cm³/mol. The average molecular weight is 443 g/mol. The van der Waals surface area contributed by atoms with Gasteiger partial charge < -0.3 is 14.2 Å². The molecule has 0 N–H and O–H groups in total. The van der Waals surface area contributed by atoms with E-state index in [0.29, 0.717) is 22.7 Å². The third kappa shape index (κ3) is 4.96. The maximum absolute atomic E-state index is 12.7. The summed E-state index contributed by atoms with van der Waals surface area (Å²) in [5, 5.41) is 9.10. The second-order valence-corrected chi connectivity index (χ2v) is 8.60. The van der Waals surface area contributed by atoms with E-state index in [9.17, 15) is 4.79 Å². The Balaban J connectivity index is 1.34. The van der Waals surface area contributed by atoms with Crippen LogP contribution in [0.4, 0.5) is 5.69 Å². The van der Waals surface area contributed by atoms with Gasteiger partial charge in [-0.1, -0.05) is 41.6 Å². The Bertz CT molecular complexity index is 1000. The zero-order chi connectivity index (χ0) is 20.9. The third-order valence-corrected chi connectivity index (χ3v) is 6.14. The molecule has 0 bridgehead atoms. The SMILES string of the molecule is CN(Cc1ccccc1N1CCCC1)C(=O)CSc1nnc(-c2ccc(Cl)cc2)o1. The molecule has 1 aliphatic heterocycles. The van der Waals surface area contributed by atoms with E-state index in [-0.39, 0.29) is 11.7 Å². The Morgan fingerprint density at radius 2 is 1.87 bits per heavy atom. The highest BCUT2D eigenvalue weighted by Crippen LogP contribution is 2.27. The van der Waals surface area contributed by atoms with Crippen molar-refractivity contribution in [2.75, 3.05) is 30.8 Å². The lowest BCUT2D eigenvalue weighted by Crippen LogP contribution is -2.29. The summed E-state index contributed by atoms with van der Waals surface area (Å²) in [6, 6.07) is 15.5. The lowest BCUT2D eigenvalue weighted by atomic mass is 10.1. The van der Waals surface area contributed by atoms with E-state index in [2.05, 4.69) is 33.3 Å². The first-order valence-electron chi connectivity index (χ1n) is 9.89. The van der Waals surface area contributed by atoms with Crippen molar-refractivity contribution in [2.45, 2.75) is 24.6 Å². The van der Waals surface area contributed by atoms with Gasteiger partial charge in [0.1, 0.15) is 0 Å². The van der Waals surface area contributed by atoms with Gasteiger partial charge in [0.25, 0.3) is 5.22 Å². The first kappa shape index (κ1) is 20.8. The van der Waals surface area contributed by atoms with Gasteiger partial charge in [0.2, 0.25) is 11.8 Å². The Morgan fingerprint density at radius 3 is 2.63 bits per heavy atom. The van der Waals surface area contributed by atoms with Crippen molar-refractivity contribution in [2.24, 2.45) is 0 Å². The van der Waals surface area contributed by atoms with Gasteiger partial charge in [-0.25, -0.2) is 0 Å². The molecule has 0 saturated carbocycles. The predicted octanol–water partition coefficient (Wildman–Crippen LogP) is 4.74. The monoisotopic (exact) mass is 442 g/mol. The van der Waals surface area contributed by atoms with Crippen LogP contribution in [-0.4, -0.2) is 46.9 Å². The summed E-state index contributed by atoms with van der Waals surface area (Å²) >= 11 is 7.16. The largest absolute Gasteiger partial charge is 0.411 e. The topological polar surface area (TPSA) is 62.5 Å². The number of hydrogen-bond donors (Lipinski definition) is 0. The molecule has 1 aromatic heterocycles. The molecular weight excluding hydrogens is 420 g/mol. The van der Waals surface area contributed by atoms with Gasteiger partial charge in [0, 0.05) is 43.0 Å². The summed E-state index contributed by atoms with van der Waals surface area (Å²) in [5.74, 6) is 0.668. The fourth-order valence-corrected chi connectivity index (χ4v) is 4.30. The molecule has 1 fully saturated rings. The van der Waals surface area contributed by atoms with Crippen LogP contribution in [0.5, 0.6) is 0 Å². The van der Waals surface area contributed by atoms with E-state index in [1.54, 1.807) is 17.0 Å². The molecule has 0 radical (unpaired) electrons. The minimum absolute atomic E-state index is 0.0162. The van der Waals surface area contributed by atoms with Gasteiger partial charge in [-0.3, -0.25) is 4.79 Å². The molecule has 4 rings (SSSR count). The fourth-order valence-electron chi connectivity index (χ4n) is 3.47. The Kier molecular flexibility index (Phi) is 6.59. The number of hydrogen-bond acceptors (Lipinski definition) is 6. The van der Waals surface area contributed by atoms with Gasteiger partial charge in [-0.2, -0.15) is 0 Å². The lowest BCUT2D eigenvalue weighted by Gasteiger charge is -2.24. The molecular formula is C22H23ClN4O2S. The van der Waals surface area contributed by atoms with Crippen LogP contribution in [0.1, 0.15) is 18.4 Å². The van der Waals surface area contributed by atoms with Gasteiger partial charge in [-0.15, -0.1) is 10.2 Å². The summed E-state index contributed by atoms with van der Waals surface area (Å²) in [4.78, 5) is 16.8. The summed E-state index contributed by atoms with van der Waals surface area (Å²) in [6.45, 7) is 2.74. The van der Waals surface area contributed by atoms with Crippen molar-refractivity contribution in [3.05, 3.63) is 59.1 Å². The van der Waals surface area contributed by atoms with E-state index < -0.39 is 0 Å². The molecule has 1 aliphatic rings. The van der Waals surface area contributed by atoms with Crippen molar-refractivity contribution < 1.29 is 9.21 Å². The molecule has 3 aromatic rings. The molecule has 1 saturated heterocycles. The molecule has 0 unspecified atom stereocenters. The highest BCUT2D eigenvalue weighted by atomic mass is 35.5. The summed E-state index contributed by atoms with van der Waals surface area (Å²) in [7, 11) is 1.83. The number of benzene rings is 2. The quantitative estimate of drug-likeness (QED) is 0.492.